The fraction of sp³-hybridized carbons (Fsp3) is 0.148. The van der Waals surface area contributed by atoms with E-state index < -0.39 is 0 Å². The fourth-order valence-corrected chi connectivity index (χ4v) is 11.8. The van der Waals surface area contributed by atoms with Crippen LogP contribution < -0.4 is 35.7 Å². The number of hydrogen-bond acceptors (Lipinski definition) is 6. The highest BCUT2D eigenvalue weighted by atomic mass is 32.1. The molecule has 0 amide bonds. The van der Waals surface area contributed by atoms with Crippen molar-refractivity contribution in [2.75, 3.05) is 23.0 Å². The first-order valence-corrected chi connectivity index (χ1v) is 22.9. The van der Waals surface area contributed by atoms with Crippen LogP contribution in [-0.2, 0) is 5.41 Å². The first-order chi connectivity index (χ1) is 29.7. The second-order valence-corrected chi connectivity index (χ2v) is 19.8. The third-order valence-corrected chi connectivity index (χ3v) is 14.9. The monoisotopic (exact) mass is 826 g/mol. The highest BCUT2D eigenvalue weighted by Crippen LogP contribution is 2.48. The zero-order valence-electron chi connectivity index (χ0n) is 34.7. The van der Waals surface area contributed by atoms with Gasteiger partial charge in [-0.05, 0) is 135 Å². The predicted molar refractivity (Wildman–Crippen MR) is 261 cm³/mol. The zero-order chi connectivity index (χ0) is 41.0. The van der Waals surface area contributed by atoms with Gasteiger partial charge in [-0.15, -0.1) is 22.7 Å². The van der Waals surface area contributed by atoms with E-state index in [0.29, 0.717) is 13.2 Å². The Morgan fingerprint density at radius 1 is 0.525 bits per heavy atom. The highest BCUT2D eigenvalue weighted by Gasteiger charge is 2.44. The Hall–Kier alpha value is -6.28. The SMILES string of the molecule is Cc1cc2c3c(c1)N(c1cccc(-c4cc5ccccc5s4)c1)c1cc(-c4cc5ccccc5s4)ccc1B3c1cc(C(C)(C)C)ccc1N2c1ccc2c(c1)OCCCO2. The predicted octanol–water partition coefficient (Wildman–Crippen LogP) is 13.3. The van der Waals surface area contributed by atoms with Crippen molar-refractivity contribution in [3.05, 3.63) is 163 Å². The van der Waals surface area contributed by atoms with Gasteiger partial charge in [0.05, 0.1) is 18.9 Å². The van der Waals surface area contributed by atoms with E-state index in [0.717, 1.165) is 29.3 Å². The Kier molecular flexibility index (Phi) is 8.32. The Balaban J connectivity index is 1.13. The largest absolute Gasteiger partial charge is 0.490 e. The number of rotatable bonds is 4. The number of benzene rings is 7. The van der Waals surface area contributed by atoms with E-state index >= 15 is 0 Å². The molecule has 296 valence electrons. The molecule has 3 aliphatic rings. The molecule has 0 spiro atoms. The minimum atomic E-state index is -0.0346. The summed E-state index contributed by atoms with van der Waals surface area (Å²) >= 11 is 3.73. The van der Waals surface area contributed by atoms with Gasteiger partial charge in [-0.1, -0.05) is 93.6 Å². The van der Waals surface area contributed by atoms with Crippen molar-refractivity contribution in [1.82, 2.24) is 0 Å². The van der Waals surface area contributed by atoms with Gasteiger partial charge in [0.25, 0.3) is 6.71 Å². The number of anilines is 6. The molecule has 7 aromatic carbocycles. The van der Waals surface area contributed by atoms with Crippen molar-refractivity contribution in [3.8, 4) is 32.4 Å². The van der Waals surface area contributed by atoms with Gasteiger partial charge in [0.2, 0.25) is 0 Å². The molecule has 0 fully saturated rings. The van der Waals surface area contributed by atoms with Crippen molar-refractivity contribution in [2.45, 2.75) is 39.5 Å². The average molecular weight is 827 g/mol. The number of fused-ring (bicyclic) bond motifs is 7. The average Bonchev–Trinajstić information content (AvgIpc) is 3.84. The number of ether oxygens (including phenoxy) is 2. The minimum Gasteiger partial charge on any atom is -0.490 e. The van der Waals surface area contributed by atoms with E-state index in [-0.39, 0.29) is 12.1 Å². The zero-order valence-corrected chi connectivity index (χ0v) is 36.3. The number of thiophene rings is 2. The van der Waals surface area contributed by atoms with Gasteiger partial charge in [0.1, 0.15) is 0 Å². The summed E-state index contributed by atoms with van der Waals surface area (Å²) in [5, 5.41) is 2.56. The molecule has 0 radical (unpaired) electrons. The highest BCUT2D eigenvalue weighted by molar-refractivity contribution is 7.22. The van der Waals surface area contributed by atoms with Gasteiger partial charge in [-0.25, -0.2) is 0 Å². The summed E-state index contributed by atoms with van der Waals surface area (Å²) in [5.74, 6) is 1.60. The van der Waals surface area contributed by atoms with Crippen molar-refractivity contribution in [3.63, 3.8) is 0 Å². The molecule has 12 rings (SSSR count). The molecule has 2 aromatic heterocycles. The lowest BCUT2D eigenvalue weighted by Crippen LogP contribution is -2.61. The van der Waals surface area contributed by atoms with Crippen LogP contribution in [0.4, 0.5) is 34.1 Å². The molecule has 3 aliphatic heterocycles. The molecular formula is C54H43BN2O2S2. The topological polar surface area (TPSA) is 24.9 Å². The summed E-state index contributed by atoms with van der Waals surface area (Å²) in [7, 11) is 0. The summed E-state index contributed by atoms with van der Waals surface area (Å²) in [6.07, 6.45) is 0.864. The normalized spacial score (nSPS) is 14.2. The molecular weight excluding hydrogens is 784 g/mol. The van der Waals surface area contributed by atoms with Crippen LogP contribution in [0.2, 0.25) is 0 Å². The smallest absolute Gasteiger partial charge is 0.252 e. The molecule has 0 unspecified atom stereocenters. The summed E-state index contributed by atoms with van der Waals surface area (Å²) in [6, 6.07) is 57.0. The summed E-state index contributed by atoms with van der Waals surface area (Å²) in [5.41, 5.74) is 15.9. The van der Waals surface area contributed by atoms with Gasteiger partial charge in [0, 0.05) is 60.1 Å². The van der Waals surface area contributed by atoms with Gasteiger partial charge < -0.3 is 19.3 Å². The fourth-order valence-electron chi connectivity index (χ4n) is 9.65. The lowest BCUT2D eigenvalue weighted by atomic mass is 9.33. The first-order valence-electron chi connectivity index (χ1n) is 21.3. The molecule has 0 N–H and O–H groups in total. The van der Waals surface area contributed by atoms with Crippen molar-refractivity contribution in [1.29, 1.82) is 0 Å². The standard InChI is InChI=1S/C54H43BN2O2S2/c1-33-25-45-53-46(26-33)57(39-14-9-13-34(27-39)51-29-35-11-5-7-15-49(35)60-51)44-28-37(52-30-36-12-6-8-16-50(36)61-52)17-20-41(44)55(53)42-31-38(54(2,3)4)18-21-43(42)56(45)40-19-22-47-48(32-40)59-24-10-23-58-47/h5-9,11-22,25-32H,10,23-24H2,1-4H3. The van der Waals surface area contributed by atoms with E-state index in [1.807, 2.05) is 22.7 Å². The molecule has 61 heavy (non-hydrogen) atoms. The lowest BCUT2D eigenvalue weighted by Gasteiger charge is -2.45. The second kappa shape index (κ2) is 13.9. The van der Waals surface area contributed by atoms with Crippen LogP contribution in [0.1, 0.15) is 38.3 Å². The summed E-state index contributed by atoms with van der Waals surface area (Å²) < 4.78 is 15.1. The van der Waals surface area contributed by atoms with Crippen LogP contribution in [0.15, 0.2) is 152 Å². The van der Waals surface area contributed by atoms with Gasteiger partial charge in [-0.3, -0.25) is 0 Å². The van der Waals surface area contributed by atoms with E-state index in [1.54, 1.807) is 0 Å². The molecule has 0 saturated heterocycles. The maximum absolute atomic E-state index is 6.32. The summed E-state index contributed by atoms with van der Waals surface area (Å²) in [4.78, 5) is 7.57. The van der Waals surface area contributed by atoms with Crippen molar-refractivity contribution < 1.29 is 9.47 Å². The third-order valence-electron chi connectivity index (χ3n) is 12.6. The molecule has 0 bridgehead atoms. The number of nitrogens with zero attached hydrogens (tertiary/aromatic N) is 2. The van der Waals surface area contributed by atoms with Crippen molar-refractivity contribution in [2.24, 2.45) is 0 Å². The second-order valence-electron chi connectivity index (χ2n) is 17.6. The Bertz CT molecular complexity index is 3160. The molecule has 0 atom stereocenters. The quantitative estimate of drug-likeness (QED) is 0.165. The molecule has 7 heteroatoms. The molecule has 5 heterocycles. The van der Waals surface area contributed by atoms with Crippen LogP contribution in [0.5, 0.6) is 11.5 Å². The van der Waals surface area contributed by atoms with E-state index in [2.05, 4.69) is 189 Å². The molecule has 0 saturated carbocycles. The van der Waals surface area contributed by atoms with Crippen LogP contribution in [0, 0.1) is 6.92 Å². The lowest BCUT2D eigenvalue weighted by molar-refractivity contribution is 0.297. The van der Waals surface area contributed by atoms with Crippen LogP contribution >= 0.6 is 22.7 Å². The maximum atomic E-state index is 6.32. The Labute approximate surface area is 365 Å². The van der Waals surface area contributed by atoms with Crippen LogP contribution in [0.3, 0.4) is 0 Å². The third kappa shape index (κ3) is 6.00. The van der Waals surface area contributed by atoms with Gasteiger partial charge >= 0.3 is 0 Å². The van der Waals surface area contributed by atoms with E-state index in [9.17, 15) is 0 Å². The maximum Gasteiger partial charge on any atom is 0.252 e. The van der Waals surface area contributed by atoms with Gasteiger partial charge in [0.15, 0.2) is 11.5 Å². The van der Waals surface area contributed by atoms with Crippen LogP contribution in [-0.4, -0.2) is 19.9 Å². The van der Waals surface area contributed by atoms with Gasteiger partial charge in [-0.2, -0.15) is 0 Å². The summed E-state index contributed by atoms with van der Waals surface area (Å²) in [6.45, 7) is 10.5. The molecule has 9 aromatic rings. The molecule has 4 nitrogen and oxygen atoms in total. The first kappa shape index (κ1) is 36.6. The van der Waals surface area contributed by atoms with Crippen LogP contribution in [0.25, 0.3) is 41.1 Å². The Morgan fingerprint density at radius 3 is 1.89 bits per heavy atom. The van der Waals surface area contributed by atoms with Crippen molar-refractivity contribution >= 4 is 100 Å². The number of aryl methyl sites for hydroxylation is 1. The number of hydrogen-bond donors (Lipinski definition) is 0. The van der Waals surface area contributed by atoms with E-state index in [4.69, 9.17) is 9.47 Å². The minimum absolute atomic E-state index is 0.00745. The molecule has 0 aliphatic carbocycles. The van der Waals surface area contributed by atoms with E-state index in [1.165, 1.54) is 91.3 Å². The Morgan fingerprint density at radius 2 is 1.18 bits per heavy atom.